The summed E-state index contributed by atoms with van der Waals surface area (Å²) in [4.78, 5) is 15.5. The fourth-order valence-electron chi connectivity index (χ4n) is 9.61. The van der Waals surface area contributed by atoms with E-state index in [0.29, 0.717) is 5.82 Å². The standard InChI is InChI=1S/C56H35N3O/c1-3-15-36(16-4-1)39-19-11-20-41(33-39)49-35-50(59-55(58-49)38-17-5-2-6-18-38)43-23-13-27-47-54(43)53-42(40-31-30-37-21-14-32-57-48(37)34-40)22-12-26-46(53)56(47)44-24-7-9-28-51(44)60-52-29-10-8-25-45(52)56/h1-35H. The van der Waals surface area contributed by atoms with E-state index in [4.69, 9.17) is 19.7 Å². The average Bonchev–Trinajstić information content (AvgIpc) is 3.63. The highest BCUT2D eigenvalue weighted by Gasteiger charge is 2.52. The number of pyridine rings is 1. The Hall–Kier alpha value is -7.95. The number of benzene rings is 8. The molecule has 1 aliphatic heterocycles. The Morgan fingerprint density at radius 3 is 1.70 bits per heavy atom. The van der Waals surface area contributed by atoms with Gasteiger partial charge in [-0.2, -0.15) is 0 Å². The number of para-hydroxylation sites is 2. The number of ether oxygens (including phenoxy) is 1. The van der Waals surface area contributed by atoms with Gasteiger partial charge in [-0.3, -0.25) is 4.98 Å². The van der Waals surface area contributed by atoms with Gasteiger partial charge in [0.25, 0.3) is 0 Å². The molecule has 0 radical (unpaired) electrons. The molecule has 3 heterocycles. The molecular weight excluding hydrogens is 731 g/mol. The first-order valence-corrected chi connectivity index (χ1v) is 20.3. The molecule has 0 saturated carbocycles. The highest BCUT2D eigenvalue weighted by atomic mass is 16.5. The van der Waals surface area contributed by atoms with Gasteiger partial charge in [0.2, 0.25) is 0 Å². The van der Waals surface area contributed by atoms with E-state index in [1.54, 1.807) is 0 Å². The van der Waals surface area contributed by atoms with Crippen LogP contribution in [0.25, 0.3) is 78.2 Å². The molecule has 0 atom stereocenters. The van der Waals surface area contributed by atoms with Gasteiger partial charge in [0, 0.05) is 39.4 Å². The van der Waals surface area contributed by atoms with Gasteiger partial charge in [-0.1, -0.05) is 170 Å². The molecule has 2 aliphatic rings. The fraction of sp³-hybridized carbons (Fsp3) is 0.0179. The Morgan fingerprint density at radius 2 is 0.950 bits per heavy atom. The van der Waals surface area contributed by atoms with Crippen LogP contribution in [0.2, 0.25) is 0 Å². The molecule has 4 heteroatoms. The molecule has 0 N–H and O–H groups in total. The Bertz CT molecular complexity index is 3260. The van der Waals surface area contributed by atoms with E-state index in [-0.39, 0.29) is 0 Å². The zero-order valence-electron chi connectivity index (χ0n) is 32.5. The summed E-state index contributed by atoms with van der Waals surface area (Å²) in [6.07, 6.45) is 1.87. The van der Waals surface area contributed by atoms with Crippen LogP contribution in [0.5, 0.6) is 11.5 Å². The quantitative estimate of drug-likeness (QED) is 0.175. The zero-order chi connectivity index (χ0) is 39.6. The molecule has 8 aromatic carbocycles. The number of aromatic nitrogens is 3. The van der Waals surface area contributed by atoms with Crippen molar-refractivity contribution in [2.75, 3.05) is 0 Å². The number of fused-ring (bicyclic) bond motifs is 10. The average molecular weight is 766 g/mol. The third-order valence-electron chi connectivity index (χ3n) is 12.2. The molecule has 12 rings (SSSR count). The number of rotatable bonds is 5. The molecule has 0 bridgehead atoms. The molecule has 2 aromatic heterocycles. The van der Waals surface area contributed by atoms with Crippen LogP contribution in [0.3, 0.4) is 0 Å². The van der Waals surface area contributed by atoms with Gasteiger partial charge in [0.15, 0.2) is 5.82 Å². The highest BCUT2D eigenvalue weighted by Crippen LogP contribution is 2.64. The van der Waals surface area contributed by atoms with Crippen molar-refractivity contribution in [2.24, 2.45) is 0 Å². The summed E-state index contributed by atoms with van der Waals surface area (Å²) in [5, 5.41) is 1.11. The second kappa shape index (κ2) is 13.6. The second-order valence-corrected chi connectivity index (χ2v) is 15.5. The number of nitrogens with zero attached hydrogens (tertiary/aromatic N) is 3. The summed E-state index contributed by atoms with van der Waals surface area (Å²) in [6, 6.07) is 73.0. The van der Waals surface area contributed by atoms with Crippen LogP contribution in [0.1, 0.15) is 22.3 Å². The molecule has 0 fully saturated rings. The minimum absolute atomic E-state index is 0.667. The molecule has 1 spiro atoms. The Morgan fingerprint density at radius 1 is 0.367 bits per heavy atom. The molecule has 10 aromatic rings. The maximum absolute atomic E-state index is 6.71. The van der Waals surface area contributed by atoms with E-state index in [9.17, 15) is 0 Å². The lowest BCUT2D eigenvalue weighted by Gasteiger charge is -2.39. The molecule has 0 saturated heterocycles. The SMILES string of the molecule is c1ccc(-c2cccc(-c3cc(-c4cccc5c4-c4c(-c6ccc7cccnc7c6)cccc4C54c5ccccc5Oc5ccccc54)nc(-c4ccccc4)n3)c2)cc1. The lowest BCUT2D eigenvalue weighted by atomic mass is 9.66. The minimum Gasteiger partial charge on any atom is -0.457 e. The lowest BCUT2D eigenvalue weighted by molar-refractivity contribution is 0.436. The van der Waals surface area contributed by atoms with Gasteiger partial charge in [-0.05, 0) is 80.9 Å². The molecule has 0 unspecified atom stereocenters. The van der Waals surface area contributed by atoms with Crippen molar-refractivity contribution < 1.29 is 4.74 Å². The van der Waals surface area contributed by atoms with E-state index >= 15 is 0 Å². The van der Waals surface area contributed by atoms with Crippen molar-refractivity contribution in [2.45, 2.75) is 5.41 Å². The molecule has 280 valence electrons. The van der Waals surface area contributed by atoms with E-state index in [1.807, 2.05) is 30.5 Å². The molecule has 4 nitrogen and oxygen atoms in total. The van der Waals surface area contributed by atoms with Gasteiger partial charge in [0.1, 0.15) is 11.5 Å². The molecule has 0 amide bonds. The zero-order valence-corrected chi connectivity index (χ0v) is 32.5. The Balaban J connectivity index is 1.17. The summed E-state index contributed by atoms with van der Waals surface area (Å²) < 4.78 is 6.71. The predicted molar refractivity (Wildman–Crippen MR) is 242 cm³/mol. The fourth-order valence-corrected chi connectivity index (χ4v) is 9.61. The van der Waals surface area contributed by atoms with Crippen molar-refractivity contribution in [3.63, 3.8) is 0 Å². The lowest BCUT2D eigenvalue weighted by Crippen LogP contribution is -2.32. The third kappa shape index (κ3) is 5.21. The first-order valence-electron chi connectivity index (χ1n) is 20.3. The van der Waals surface area contributed by atoms with Gasteiger partial charge in [-0.15, -0.1) is 0 Å². The summed E-state index contributed by atoms with van der Waals surface area (Å²) >= 11 is 0. The van der Waals surface area contributed by atoms with E-state index < -0.39 is 5.41 Å². The predicted octanol–water partition coefficient (Wildman–Crippen LogP) is 13.8. The summed E-state index contributed by atoms with van der Waals surface area (Å²) in [5.74, 6) is 2.39. The maximum atomic E-state index is 6.71. The van der Waals surface area contributed by atoms with E-state index in [2.05, 4.69) is 182 Å². The van der Waals surface area contributed by atoms with Crippen molar-refractivity contribution >= 4 is 10.9 Å². The van der Waals surface area contributed by atoms with E-state index in [1.165, 1.54) is 16.7 Å². The maximum Gasteiger partial charge on any atom is 0.160 e. The van der Waals surface area contributed by atoms with Crippen LogP contribution in [0.15, 0.2) is 212 Å². The molecule has 60 heavy (non-hydrogen) atoms. The number of hydrogen-bond donors (Lipinski definition) is 0. The first kappa shape index (κ1) is 34.1. The Labute approximate surface area is 348 Å². The summed E-state index contributed by atoms with van der Waals surface area (Å²) in [5.41, 5.74) is 16.5. The Kier molecular flexibility index (Phi) is 7.72. The van der Waals surface area contributed by atoms with Crippen molar-refractivity contribution in [1.82, 2.24) is 15.0 Å². The third-order valence-corrected chi connectivity index (χ3v) is 12.2. The molecule has 1 aliphatic carbocycles. The smallest absolute Gasteiger partial charge is 0.160 e. The normalized spacial score (nSPS) is 12.9. The number of hydrogen-bond acceptors (Lipinski definition) is 4. The van der Waals surface area contributed by atoms with Crippen LogP contribution in [-0.4, -0.2) is 15.0 Å². The van der Waals surface area contributed by atoms with Crippen LogP contribution in [0, 0.1) is 0 Å². The van der Waals surface area contributed by atoms with Gasteiger partial charge in [-0.25, -0.2) is 9.97 Å². The molecular formula is C56H35N3O. The van der Waals surface area contributed by atoms with Gasteiger partial charge < -0.3 is 4.74 Å². The topological polar surface area (TPSA) is 47.9 Å². The summed E-state index contributed by atoms with van der Waals surface area (Å²) in [6.45, 7) is 0. The van der Waals surface area contributed by atoms with Crippen molar-refractivity contribution in [1.29, 1.82) is 0 Å². The first-order chi connectivity index (χ1) is 29.7. The summed E-state index contributed by atoms with van der Waals surface area (Å²) in [7, 11) is 0. The van der Waals surface area contributed by atoms with E-state index in [0.717, 1.165) is 89.4 Å². The largest absolute Gasteiger partial charge is 0.457 e. The van der Waals surface area contributed by atoms with Crippen LogP contribution in [0.4, 0.5) is 0 Å². The van der Waals surface area contributed by atoms with Crippen LogP contribution >= 0.6 is 0 Å². The second-order valence-electron chi connectivity index (χ2n) is 15.5. The van der Waals surface area contributed by atoms with Crippen LogP contribution in [-0.2, 0) is 5.41 Å². The van der Waals surface area contributed by atoms with Gasteiger partial charge >= 0.3 is 0 Å². The monoisotopic (exact) mass is 765 g/mol. The van der Waals surface area contributed by atoms with Gasteiger partial charge in [0.05, 0.1) is 22.3 Å². The van der Waals surface area contributed by atoms with Crippen molar-refractivity contribution in [3.8, 4) is 78.8 Å². The minimum atomic E-state index is -0.667. The highest BCUT2D eigenvalue weighted by molar-refractivity contribution is 6.03. The van der Waals surface area contributed by atoms with Crippen LogP contribution < -0.4 is 4.74 Å². The van der Waals surface area contributed by atoms with Crippen molar-refractivity contribution in [3.05, 3.63) is 235 Å².